The number of nitrogens with one attached hydrogen (secondary N) is 2. The largest absolute Gasteiger partial charge is 0.405 e. The van der Waals surface area contributed by atoms with Crippen molar-refractivity contribution in [2.45, 2.75) is 6.18 Å². The number of carbonyl (C=O) groups is 1. The standard InChI is InChI=1S/C10H9F4N3OS/c11-7-2-1-5(3-6(7)8(15)19)17-9(18)16-4-10(12,13)14/h1-3H,4H2,(H2,15,19)(H2,16,17,18). The molecule has 4 nitrogen and oxygen atoms in total. The topological polar surface area (TPSA) is 67.1 Å². The number of rotatable bonds is 3. The normalized spacial score (nSPS) is 10.9. The molecule has 2 amide bonds. The van der Waals surface area contributed by atoms with Crippen LogP contribution in [-0.2, 0) is 0 Å². The third kappa shape index (κ3) is 5.08. The Morgan fingerprint density at radius 2 is 2.00 bits per heavy atom. The van der Waals surface area contributed by atoms with Crippen LogP contribution in [0.2, 0.25) is 0 Å². The molecule has 0 aliphatic rings. The van der Waals surface area contributed by atoms with Crippen molar-refractivity contribution in [2.24, 2.45) is 5.73 Å². The molecule has 0 aliphatic heterocycles. The van der Waals surface area contributed by atoms with Gasteiger partial charge in [0.1, 0.15) is 17.4 Å². The third-order valence-corrected chi connectivity index (χ3v) is 2.16. The number of anilines is 1. The Labute approximate surface area is 111 Å². The zero-order valence-electron chi connectivity index (χ0n) is 9.34. The monoisotopic (exact) mass is 295 g/mol. The number of halogens is 4. The first-order valence-electron chi connectivity index (χ1n) is 4.90. The smallest absolute Gasteiger partial charge is 0.389 e. The second kappa shape index (κ2) is 5.83. The molecule has 104 valence electrons. The van der Waals surface area contributed by atoms with Gasteiger partial charge in [-0.25, -0.2) is 9.18 Å². The Balaban J connectivity index is 2.70. The number of hydrogen-bond acceptors (Lipinski definition) is 2. The van der Waals surface area contributed by atoms with E-state index in [2.05, 4.69) is 17.5 Å². The minimum absolute atomic E-state index is 0.0730. The summed E-state index contributed by atoms with van der Waals surface area (Å²) in [6.07, 6.45) is -4.51. The summed E-state index contributed by atoms with van der Waals surface area (Å²) in [5.74, 6) is -0.686. The van der Waals surface area contributed by atoms with Crippen LogP contribution in [0.15, 0.2) is 18.2 Å². The average Bonchev–Trinajstić information content (AvgIpc) is 2.28. The fourth-order valence-corrected chi connectivity index (χ4v) is 1.30. The summed E-state index contributed by atoms with van der Waals surface area (Å²) in [5, 5.41) is 3.71. The molecule has 0 fully saturated rings. The van der Waals surface area contributed by atoms with E-state index >= 15 is 0 Å². The zero-order valence-corrected chi connectivity index (χ0v) is 10.2. The minimum Gasteiger partial charge on any atom is -0.389 e. The maximum absolute atomic E-state index is 13.2. The van der Waals surface area contributed by atoms with Gasteiger partial charge in [0, 0.05) is 11.3 Å². The van der Waals surface area contributed by atoms with Crippen molar-refractivity contribution in [2.75, 3.05) is 11.9 Å². The van der Waals surface area contributed by atoms with Crippen molar-refractivity contribution < 1.29 is 22.4 Å². The summed E-state index contributed by atoms with van der Waals surface area (Å²) in [7, 11) is 0. The second-order valence-electron chi connectivity index (χ2n) is 3.48. The highest BCUT2D eigenvalue weighted by molar-refractivity contribution is 7.80. The van der Waals surface area contributed by atoms with Crippen LogP contribution in [0.1, 0.15) is 5.56 Å². The lowest BCUT2D eigenvalue weighted by Gasteiger charge is -2.10. The molecule has 1 aromatic carbocycles. The number of benzene rings is 1. The number of hydrogen-bond donors (Lipinski definition) is 3. The van der Waals surface area contributed by atoms with Gasteiger partial charge in [-0.3, -0.25) is 0 Å². The van der Waals surface area contributed by atoms with E-state index in [0.717, 1.165) is 12.1 Å². The van der Waals surface area contributed by atoms with E-state index in [-0.39, 0.29) is 16.2 Å². The van der Waals surface area contributed by atoms with Gasteiger partial charge in [-0.05, 0) is 18.2 Å². The van der Waals surface area contributed by atoms with E-state index in [4.69, 9.17) is 5.73 Å². The molecular weight excluding hydrogens is 286 g/mol. The molecule has 9 heteroatoms. The van der Waals surface area contributed by atoms with E-state index in [1.165, 1.54) is 6.07 Å². The van der Waals surface area contributed by atoms with Crippen LogP contribution in [0.5, 0.6) is 0 Å². The van der Waals surface area contributed by atoms with E-state index < -0.39 is 24.6 Å². The third-order valence-electron chi connectivity index (χ3n) is 1.94. The highest BCUT2D eigenvalue weighted by Gasteiger charge is 2.27. The zero-order chi connectivity index (χ0) is 14.6. The molecule has 1 rings (SSSR count). The Kier molecular flexibility index (Phi) is 4.65. The summed E-state index contributed by atoms with van der Waals surface area (Å²) in [4.78, 5) is 10.9. The lowest BCUT2D eigenvalue weighted by Crippen LogP contribution is -2.36. The number of thiocarbonyl (C=S) groups is 1. The quantitative estimate of drug-likeness (QED) is 0.591. The van der Waals surface area contributed by atoms with Crippen LogP contribution < -0.4 is 16.4 Å². The molecule has 0 bridgehead atoms. The van der Waals surface area contributed by atoms with Crippen LogP contribution >= 0.6 is 12.2 Å². The fourth-order valence-electron chi connectivity index (χ4n) is 1.15. The number of alkyl halides is 3. The Morgan fingerprint density at radius 1 is 1.37 bits per heavy atom. The average molecular weight is 295 g/mol. The molecule has 0 saturated carbocycles. The Morgan fingerprint density at radius 3 is 2.53 bits per heavy atom. The highest BCUT2D eigenvalue weighted by atomic mass is 32.1. The summed E-state index contributed by atoms with van der Waals surface area (Å²) in [6, 6.07) is 2.22. The van der Waals surface area contributed by atoms with E-state index in [1.54, 1.807) is 5.32 Å². The number of carbonyl (C=O) groups excluding carboxylic acids is 1. The predicted molar refractivity (Wildman–Crippen MR) is 65.4 cm³/mol. The van der Waals surface area contributed by atoms with Crippen LogP contribution in [0.3, 0.4) is 0 Å². The molecule has 0 unspecified atom stereocenters. The van der Waals surface area contributed by atoms with Crippen molar-refractivity contribution in [3.8, 4) is 0 Å². The molecular formula is C10H9F4N3OS. The highest BCUT2D eigenvalue weighted by Crippen LogP contribution is 2.15. The van der Waals surface area contributed by atoms with Crippen LogP contribution in [-0.4, -0.2) is 23.7 Å². The Bertz CT molecular complexity index is 504. The molecule has 0 aromatic heterocycles. The molecule has 0 aliphatic carbocycles. The van der Waals surface area contributed by atoms with Gasteiger partial charge < -0.3 is 16.4 Å². The van der Waals surface area contributed by atoms with Gasteiger partial charge in [0.2, 0.25) is 0 Å². The number of nitrogens with two attached hydrogens (primary N) is 1. The van der Waals surface area contributed by atoms with Gasteiger partial charge in [-0.1, -0.05) is 12.2 Å². The molecule has 0 heterocycles. The first-order chi connectivity index (χ1) is 8.69. The van der Waals surface area contributed by atoms with Gasteiger partial charge in [0.25, 0.3) is 0 Å². The van der Waals surface area contributed by atoms with Gasteiger partial charge >= 0.3 is 12.2 Å². The van der Waals surface area contributed by atoms with Crippen LogP contribution in [0.4, 0.5) is 28.0 Å². The number of amides is 2. The minimum atomic E-state index is -4.51. The maximum atomic E-state index is 13.2. The van der Waals surface area contributed by atoms with Crippen LogP contribution in [0, 0.1) is 5.82 Å². The molecule has 0 radical (unpaired) electrons. The molecule has 4 N–H and O–H groups in total. The summed E-state index contributed by atoms with van der Waals surface area (Å²) < 4.78 is 48.8. The van der Waals surface area contributed by atoms with Crippen molar-refractivity contribution in [3.63, 3.8) is 0 Å². The Hall–Kier alpha value is -1.90. The first kappa shape index (κ1) is 15.2. The van der Waals surface area contributed by atoms with Crippen molar-refractivity contribution >= 4 is 28.9 Å². The van der Waals surface area contributed by atoms with E-state index in [0.29, 0.717) is 0 Å². The lowest BCUT2D eigenvalue weighted by molar-refractivity contribution is -0.122. The van der Waals surface area contributed by atoms with Crippen molar-refractivity contribution in [1.82, 2.24) is 5.32 Å². The van der Waals surface area contributed by atoms with Crippen molar-refractivity contribution in [3.05, 3.63) is 29.6 Å². The first-order valence-corrected chi connectivity index (χ1v) is 5.31. The van der Waals surface area contributed by atoms with Crippen LogP contribution in [0.25, 0.3) is 0 Å². The maximum Gasteiger partial charge on any atom is 0.405 e. The van der Waals surface area contributed by atoms with Gasteiger partial charge in [0.15, 0.2) is 0 Å². The summed E-state index contributed by atoms with van der Waals surface area (Å²) in [5.41, 5.74) is 5.21. The summed E-state index contributed by atoms with van der Waals surface area (Å²) in [6.45, 7) is -1.47. The number of urea groups is 1. The lowest BCUT2D eigenvalue weighted by atomic mass is 10.2. The second-order valence-corrected chi connectivity index (χ2v) is 3.92. The predicted octanol–water partition coefficient (Wildman–Crippen LogP) is 2.14. The SMILES string of the molecule is NC(=S)c1cc(NC(=O)NCC(F)(F)F)ccc1F. The summed E-state index contributed by atoms with van der Waals surface area (Å²) >= 11 is 4.58. The van der Waals surface area contributed by atoms with Crippen molar-refractivity contribution in [1.29, 1.82) is 0 Å². The van der Waals surface area contributed by atoms with E-state index in [9.17, 15) is 22.4 Å². The van der Waals surface area contributed by atoms with E-state index in [1.807, 2.05) is 0 Å². The van der Waals surface area contributed by atoms with Gasteiger partial charge in [-0.2, -0.15) is 13.2 Å². The van der Waals surface area contributed by atoms with Gasteiger partial charge in [-0.15, -0.1) is 0 Å². The molecule has 1 aromatic rings. The fraction of sp³-hybridized carbons (Fsp3) is 0.200. The van der Waals surface area contributed by atoms with Gasteiger partial charge in [0.05, 0.1) is 0 Å². The molecule has 0 spiro atoms. The molecule has 0 atom stereocenters. The molecule has 0 saturated heterocycles. The molecule has 19 heavy (non-hydrogen) atoms.